The first-order valence-corrected chi connectivity index (χ1v) is 6.48. The molecule has 1 heterocycles. The van der Waals surface area contributed by atoms with Crippen LogP contribution in [0.1, 0.15) is 25.7 Å². The van der Waals surface area contributed by atoms with E-state index in [0.29, 0.717) is 23.2 Å². The van der Waals surface area contributed by atoms with Gasteiger partial charge in [0.25, 0.3) is 0 Å². The first-order valence-electron chi connectivity index (χ1n) is 6.10. The Morgan fingerprint density at radius 2 is 2.06 bits per heavy atom. The molecule has 0 aliphatic carbocycles. The normalized spacial score (nSPS) is 15.2. The maximum atomic E-state index is 10.3. The molecule has 0 saturated carbocycles. The second-order valence-electron chi connectivity index (χ2n) is 4.92. The Kier molecular flexibility index (Phi) is 3.95. The van der Waals surface area contributed by atoms with E-state index >= 15 is 0 Å². The Bertz CT molecular complexity index is 536. The lowest BCUT2D eigenvalue weighted by Gasteiger charge is -2.23. The van der Waals surface area contributed by atoms with E-state index in [4.69, 9.17) is 21.8 Å². The Hall–Kier alpha value is -1.03. The second-order valence-corrected chi connectivity index (χ2v) is 5.36. The first kappa shape index (κ1) is 13.4. The van der Waals surface area contributed by atoms with Crippen molar-refractivity contribution < 1.29 is 9.52 Å². The monoisotopic (exact) mass is 267 g/mol. The molecule has 2 aromatic rings. The average molecular weight is 268 g/mol. The molecule has 2 atom stereocenters. The smallest absolute Gasteiger partial charge is 0.134 e. The number of rotatable bonds is 4. The maximum Gasteiger partial charge on any atom is 0.134 e. The summed E-state index contributed by atoms with van der Waals surface area (Å²) >= 11 is 5.92. The number of fused-ring (bicyclic) bond motifs is 1. The van der Waals surface area contributed by atoms with Crippen molar-refractivity contribution in [3.8, 4) is 0 Å². The summed E-state index contributed by atoms with van der Waals surface area (Å²) in [6, 6.07) is 7.23. The second kappa shape index (κ2) is 5.31. The van der Waals surface area contributed by atoms with Crippen LogP contribution in [0.25, 0.3) is 11.0 Å². The van der Waals surface area contributed by atoms with E-state index in [9.17, 15) is 5.11 Å². The topological polar surface area (TPSA) is 59.4 Å². The van der Waals surface area contributed by atoms with E-state index in [0.717, 1.165) is 11.0 Å². The fraction of sp³-hybridized carbons (Fsp3) is 0.429. The molecule has 0 bridgehead atoms. The van der Waals surface area contributed by atoms with Crippen molar-refractivity contribution in [2.45, 2.75) is 20.0 Å². The van der Waals surface area contributed by atoms with Gasteiger partial charge in [-0.05, 0) is 36.7 Å². The zero-order valence-corrected chi connectivity index (χ0v) is 11.3. The lowest BCUT2D eigenvalue weighted by Crippen LogP contribution is -2.26. The molecular weight excluding hydrogens is 250 g/mol. The minimum Gasteiger partial charge on any atom is -0.458 e. The zero-order chi connectivity index (χ0) is 13.3. The van der Waals surface area contributed by atoms with Crippen LogP contribution in [0.5, 0.6) is 0 Å². The van der Waals surface area contributed by atoms with Gasteiger partial charge in [0.05, 0.1) is 0 Å². The highest BCUT2D eigenvalue weighted by Crippen LogP contribution is 2.32. The van der Waals surface area contributed by atoms with Crippen LogP contribution in [0.2, 0.25) is 5.02 Å². The fourth-order valence-electron chi connectivity index (χ4n) is 2.16. The molecule has 2 unspecified atom stereocenters. The Balaban J connectivity index is 2.35. The van der Waals surface area contributed by atoms with Crippen molar-refractivity contribution in [1.29, 1.82) is 0 Å². The lowest BCUT2D eigenvalue weighted by molar-refractivity contribution is 0.0676. The zero-order valence-electron chi connectivity index (χ0n) is 10.6. The summed E-state index contributed by atoms with van der Waals surface area (Å²) < 4.78 is 5.65. The van der Waals surface area contributed by atoms with Crippen LogP contribution in [0.3, 0.4) is 0 Å². The molecule has 3 nitrogen and oxygen atoms in total. The quantitative estimate of drug-likeness (QED) is 0.893. The van der Waals surface area contributed by atoms with Crippen LogP contribution in [0, 0.1) is 11.8 Å². The van der Waals surface area contributed by atoms with Gasteiger partial charge < -0.3 is 15.3 Å². The minimum atomic E-state index is -0.679. The van der Waals surface area contributed by atoms with Crippen molar-refractivity contribution in [2.24, 2.45) is 17.6 Å². The Labute approximate surface area is 112 Å². The molecule has 0 radical (unpaired) electrons. The summed E-state index contributed by atoms with van der Waals surface area (Å²) in [5.41, 5.74) is 6.44. The average Bonchev–Trinajstić information content (AvgIpc) is 2.72. The number of nitrogens with two attached hydrogens (primary N) is 1. The Morgan fingerprint density at radius 3 is 2.67 bits per heavy atom. The summed E-state index contributed by atoms with van der Waals surface area (Å²) in [6.07, 6.45) is -0.679. The number of benzene rings is 1. The predicted molar refractivity (Wildman–Crippen MR) is 73.6 cm³/mol. The molecule has 98 valence electrons. The van der Waals surface area contributed by atoms with Gasteiger partial charge >= 0.3 is 0 Å². The van der Waals surface area contributed by atoms with Crippen LogP contribution in [0.15, 0.2) is 28.7 Å². The third-order valence-corrected chi connectivity index (χ3v) is 3.56. The molecule has 0 aliphatic rings. The van der Waals surface area contributed by atoms with Crippen molar-refractivity contribution in [1.82, 2.24) is 0 Å². The highest BCUT2D eigenvalue weighted by molar-refractivity contribution is 6.31. The largest absolute Gasteiger partial charge is 0.458 e. The van der Waals surface area contributed by atoms with Gasteiger partial charge in [-0.3, -0.25) is 0 Å². The van der Waals surface area contributed by atoms with Gasteiger partial charge in [0, 0.05) is 16.3 Å². The SMILES string of the molecule is CC(C)C(CN)C(O)c1cc2cc(Cl)ccc2o1. The number of halogens is 1. The third kappa shape index (κ3) is 2.53. The summed E-state index contributed by atoms with van der Waals surface area (Å²) in [6.45, 7) is 4.51. The molecule has 3 N–H and O–H groups in total. The van der Waals surface area contributed by atoms with Crippen LogP contribution >= 0.6 is 11.6 Å². The van der Waals surface area contributed by atoms with Gasteiger partial charge in [-0.1, -0.05) is 25.4 Å². The Morgan fingerprint density at radius 1 is 1.33 bits per heavy atom. The molecule has 1 aromatic carbocycles. The molecule has 4 heteroatoms. The summed E-state index contributed by atoms with van der Waals surface area (Å²) in [7, 11) is 0. The van der Waals surface area contributed by atoms with Crippen LogP contribution in [-0.2, 0) is 0 Å². The van der Waals surface area contributed by atoms with E-state index in [1.54, 1.807) is 12.1 Å². The standard InChI is InChI=1S/C14H18ClNO2/c1-8(2)11(7-16)14(17)13-6-9-5-10(15)3-4-12(9)18-13/h3-6,8,11,14,17H,7,16H2,1-2H3. The van der Waals surface area contributed by atoms with E-state index in [2.05, 4.69) is 0 Å². The molecule has 1 aromatic heterocycles. The number of hydrogen-bond donors (Lipinski definition) is 2. The van der Waals surface area contributed by atoms with Crippen LogP contribution < -0.4 is 5.73 Å². The van der Waals surface area contributed by atoms with Crippen molar-refractivity contribution in [3.63, 3.8) is 0 Å². The molecule has 0 spiro atoms. The molecular formula is C14H18ClNO2. The number of hydrogen-bond acceptors (Lipinski definition) is 3. The first-order chi connectivity index (χ1) is 8.52. The van der Waals surface area contributed by atoms with E-state index in [1.165, 1.54) is 0 Å². The highest BCUT2D eigenvalue weighted by Gasteiger charge is 2.25. The summed E-state index contributed by atoms with van der Waals surface area (Å²) in [4.78, 5) is 0. The van der Waals surface area contributed by atoms with E-state index in [-0.39, 0.29) is 5.92 Å². The number of furan rings is 1. The summed E-state index contributed by atoms with van der Waals surface area (Å²) in [5, 5.41) is 11.9. The molecule has 18 heavy (non-hydrogen) atoms. The minimum absolute atomic E-state index is 0.0129. The van der Waals surface area contributed by atoms with Crippen molar-refractivity contribution >= 4 is 22.6 Å². The number of aliphatic hydroxyl groups is 1. The van der Waals surface area contributed by atoms with Gasteiger partial charge in [0.15, 0.2) is 0 Å². The van der Waals surface area contributed by atoms with Gasteiger partial charge in [-0.2, -0.15) is 0 Å². The van der Waals surface area contributed by atoms with Gasteiger partial charge in [-0.15, -0.1) is 0 Å². The van der Waals surface area contributed by atoms with Crippen molar-refractivity contribution in [2.75, 3.05) is 6.54 Å². The van der Waals surface area contributed by atoms with Crippen molar-refractivity contribution in [3.05, 3.63) is 35.0 Å². The molecule has 2 rings (SSSR count). The molecule has 0 fully saturated rings. The van der Waals surface area contributed by atoms with Gasteiger partial charge in [0.2, 0.25) is 0 Å². The maximum absolute atomic E-state index is 10.3. The van der Waals surface area contributed by atoms with E-state index < -0.39 is 6.10 Å². The fourth-order valence-corrected chi connectivity index (χ4v) is 2.34. The summed E-state index contributed by atoms with van der Waals surface area (Å²) in [5.74, 6) is 0.833. The van der Waals surface area contributed by atoms with Crippen LogP contribution in [0.4, 0.5) is 0 Å². The van der Waals surface area contributed by atoms with E-state index in [1.807, 2.05) is 26.0 Å². The van der Waals surface area contributed by atoms with Crippen LogP contribution in [-0.4, -0.2) is 11.7 Å². The lowest BCUT2D eigenvalue weighted by atomic mass is 9.89. The van der Waals surface area contributed by atoms with Gasteiger partial charge in [0.1, 0.15) is 17.4 Å². The van der Waals surface area contributed by atoms with Gasteiger partial charge in [-0.25, -0.2) is 0 Å². The molecule has 0 saturated heterocycles. The number of aliphatic hydroxyl groups excluding tert-OH is 1. The highest BCUT2D eigenvalue weighted by atomic mass is 35.5. The third-order valence-electron chi connectivity index (χ3n) is 3.32. The molecule has 0 aliphatic heterocycles. The molecule has 0 amide bonds. The predicted octanol–water partition coefficient (Wildman–Crippen LogP) is 3.35.